The SMILES string of the molecule is Cc1ccc(S(=O)(=O)OS(C)(C)CCOc2ccccc2OCC(O)CO)cc1. The van der Waals surface area contributed by atoms with E-state index in [1.54, 1.807) is 48.9 Å². The lowest BCUT2D eigenvalue weighted by Crippen LogP contribution is -2.21. The smallest absolute Gasteiger partial charge is 0.306 e. The molecule has 1 unspecified atom stereocenters. The Kier molecular flexibility index (Phi) is 8.35. The molecule has 29 heavy (non-hydrogen) atoms. The molecule has 2 rings (SSSR count). The summed E-state index contributed by atoms with van der Waals surface area (Å²) >= 11 is 0. The zero-order valence-electron chi connectivity index (χ0n) is 16.8. The number of benzene rings is 2. The third kappa shape index (κ3) is 7.52. The number of ether oxygens (including phenoxy) is 2. The van der Waals surface area contributed by atoms with E-state index in [1.165, 1.54) is 12.1 Å². The quantitative estimate of drug-likeness (QED) is 0.549. The maximum Gasteiger partial charge on any atom is 0.306 e. The van der Waals surface area contributed by atoms with E-state index in [0.29, 0.717) is 17.3 Å². The summed E-state index contributed by atoms with van der Waals surface area (Å²) in [6, 6.07) is 13.5. The summed E-state index contributed by atoms with van der Waals surface area (Å²) in [6.45, 7) is 1.66. The Morgan fingerprint density at radius 2 is 1.55 bits per heavy atom. The second-order valence-corrected chi connectivity index (χ2v) is 12.1. The van der Waals surface area contributed by atoms with E-state index in [-0.39, 0.29) is 18.1 Å². The Bertz CT molecular complexity index is 880. The predicted molar refractivity (Wildman–Crippen MR) is 114 cm³/mol. The summed E-state index contributed by atoms with van der Waals surface area (Å²) in [6.07, 6.45) is 2.55. The fraction of sp³-hybridized carbons (Fsp3) is 0.400. The number of rotatable bonds is 11. The lowest BCUT2D eigenvalue weighted by molar-refractivity contribution is 0.0525. The van der Waals surface area contributed by atoms with Crippen LogP contribution in [0.25, 0.3) is 0 Å². The molecule has 2 aromatic carbocycles. The zero-order valence-corrected chi connectivity index (χ0v) is 18.4. The van der Waals surface area contributed by atoms with Gasteiger partial charge in [-0.3, -0.25) is 0 Å². The van der Waals surface area contributed by atoms with E-state index in [0.717, 1.165) is 5.56 Å². The van der Waals surface area contributed by atoms with Gasteiger partial charge in [-0.1, -0.05) is 29.8 Å². The van der Waals surface area contributed by atoms with Gasteiger partial charge < -0.3 is 19.7 Å². The first-order valence-corrected chi connectivity index (χ1v) is 13.0. The summed E-state index contributed by atoms with van der Waals surface area (Å²) in [7, 11) is -5.79. The van der Waals surface area contributed by atoms with Gasteiger partial charge in [-0.15, -0.1) is 10.3 Å². The molecule has 162 valence electrons. The van der Waals surface area contributed by atoms with E-state index in [2.05, 4.69) is 0 Å². The molecule has 2 aromatic rings. The molecule has 0 heterocycles. The molecule has 0 saturated carbocycles. The van der Waals surface area contributed by atoms with Crippen LogP contribution >= 0.6 is 10.3 Å². The Morgan fingerprint density at radius 3 is 2.14 bits per heavy atom. The summed E-state index contributed by atoms with van der Waals surface area (Å²) in [5.41, 5.74) is 0.969. The van der Waals surface area contributed by atoms with Crippen LogP contribution < -0.4 is 9.47 Å². The fourth-order valence-electron chi connectivity index (χ4n) is 2.30. The molecule has 0 radical (unpaired) electrons. The van der Waals surface area contributed by atoms with Crippen molar-refractivity contribution in [2.24, 2.45) is 0 Å². The molecule has 2 N–H and O–H groups in total. The Labute approximate surface area is 173 Å². The van der Waals surface area contributed by atoms with E-state index in [1.807, 2.05) is 6.92 Å². The molecule has 0 spiro atoms. The normalized spacial score (nSPS) is 13.7. The van der Waals surface area contributed by atoms with Crippen LogP contribution in [0, 0.1) is 6.92 Å². The second-order valence-electron chi connectivity index (χ2n) is 6.92. The highest BCUT2D eigenvalue weighted by atomic mass is 32.3. The minimum atomic E-state index is -3.85. The minimum Gasteiger partial charge on any atom is -0.489 e. The monoisotopic (exact) mass is 444 g/mol. The first kappa shape index (κ1) is 23.5. The second kappa shape index (κ2) is 10.3. The third-order valence-corrected chi connectivity index (χ3v) is 8.10. The molecule has 0 bridgehead atoms. The fourth-order valence-corrected chi connectivity index (χ4v) is 5.78. The van der Waals surface area contributed by atoms with Crippen molar-refractivity contribution in [2.75, 3.05) is 38.1 Å². The van der Waals surface area contributed by atoms with Gasteiger partial charge in [-0.25, -0.2) is 3.63 Å². The van der Waals surface area contributed by atoms with Crippen LogP contribution in [0.3, 0.4) is 0 Å². The van der Waals surface area contributed by atoms with Crippen LogP contribution in [-0.4, -0.2) is 62.8 Å². The highest BCUT2D eigenvalue weighted by molar-refractivity contribution is 8.32. The lowest BCUT2D eigenvalue weighted by Gasteiger charge is -2.29. The van der Waals surface area contributed by atoms with Gasteiger partial charge in [0.25, 0.3) is 0 Å². The summed E-state index contributed by atoms with van der Waals surface area (Å²) in [5.74, 6) is 1.29. The summed E-state index contributed by atoms with van der Waals surface area (Å²) in [5, 5.41) is 18.3. The molecule has 1 atom stereocenters. The van der Waals surface area contributed by atoms with Crippen molar-refractivity contribution < 1.29 is 31.7 Å². The van der Waals surface area contributed by atoms with Crippen molar-refractivity contribution in [2.45, 2.75) is 17.9 Å². The molecule has 0 amide bonds. The largest absolute Gasteiger partial charge is 0.489 e. The van der Waals surface area contributed by atoms with Crippen molar-refractivity contribution in [3.8, 4) is 11.5 Å². The van der Waals surface area contributed by atoms with Crippen LogP contribution in [0.15, 0.2) is 53.4 Å². The topological polar surface area (TPSA) is 102 Å². The van der Waals surface area contributed by atoms with Gasteiger partial charge in [0.2, 0.25) is 0 Å². The zero-order chi connectivity index (χ0) is 21.5. The molecule has 0 aliphatic heterocycles. The Balaban J connectivity index is 1.95. The van der Waals surface area contributed by atoms with Crippen LogP contribution in [-0.2, 0) is 13.7 Å². The maximum absolute atomic E-state index is 12.5. The molecule has 9 heteroatoms. The van der Waals surface area contributed by atoms with Crippen molar-refractivity contribution >= 4 is 20.4 Å². The molecule has 0 aliphatic rings. The molecule has 0 aromatic heterocycles. The van der Waals surface area contributed by atoms with Crippen molar-refractivity contribution in [3.63, 3.8) is 0 Å². The minimum absolute atomic E-state index is 0.0640. The molecule has 0 aliphatic carbocycles. The molecule has 0 saturated heterocycles. The number of hydrogen-bond acceptors (Lipinski definition) is 7. The highest BCUT2D eigenvalue weighted by Gasteiger charge is 2.24. The van der Waals surface area contributed by atoms with E-state index in [9.17, 15) is 13.5 Å². The predicted octanol–water partition coefficient (Wildman–Crippen LogP) is 2.49. The van der Waals surface area contributed by atoms with Crippen LogP contribution in [0.5, 0.6) is 11.5 Å². The number of aliphatic hydroxyl groups is 2. The third-order valence-electron chi connectivity index (χ3n) is 3.91. The molecule has 0 fully saturated rings. The molecule has 7 nitrogen and oxygen atoms in total. The van der Waals surface area contributed by atoms with E-state index >= 15 is 0 Å². The van der Waals surface area contributed by atoms with Gasteiger partial charge >= 0.3 is 10.1 Å². The Morgan fingerprint density at radius 1 is 0.966 bits per heavy atom. The van der Waals surface area contributed by atoms with Gasteiger partial charge in [-0.2, -0.15) is 8.42 Å². The maximum atomic E-state index is 12.5. The van der Waals surface area contributed by atoms with Gasteiger partial charge in [0.1, 0.15) is 12.7 Å². The van der Waals surface area contributed by atoms with Gasteiger partial charge in [0.15, 0.2) is 11.5 Å². The highest BCUT2D eigenvalue weighted by Crippen LogP contribution is 2.44. The van der Waals surface area contributed by atoms with Crippen LogP contribution in [0.2, 0.25) is 0 Å². The van der Waals surface area contributed by atoms with Crippen molar-refractivity contribution in [1.29, 1.82) is 0 Å². The number of aryl methyl sites for hydroxylation is 1. The average molecular weight is 445 g/mol. The van der Waals surface area contributed by atoms with E-state index < -0.39 is 33.1 Å². The first-order valence-electron chi connectivity index (χ1n) is 9.00. The number of hydrogen-bond donors (Lipinski definition) is 2. The average Bonchev–Trinajstić information content (AvgIpc) is 2.66. The number of aliphatic hydroxyl groups excluding tert-OH is 2. The van der Waals surface area contributed by atoms with Gasteiger partial charge in [0, 0.05) is 5.75 Å². The standard InChI is InChI=1S/C20H28O7S2/c1-16-8-10-18(11-9-16)29(23,24)27-28(2,3)13-12-25-19-6-4-5-7-20(19)26-15-17(22)14-21/h4-11,17,21-22H,12-15H2,1-3H3. The Hall–Kier alpha value is -1.78. The summed E-state index contributed by atoms with van der Waals surface area (Å²) in [4.78, 5) is 0.130. The number of para-hydroxylation sites is 2. The summed E-state index contributed by atoms with van der Waals surface area (Å²) < 4.78 is 41.7. The molecular weight excluding hydrogens is 416 g/mol. The lowest BCUT2D eigenvalue weighted by atomic mass is 10.2. The molecular formula is C20H28O7S2. The van der Waals surface area contributed by atoms with Crippen LogP contribution in [0.1, 0.15) is 5.56 Å². The van der Waals surface area contributed by atoms with Gasteiger partial charge in [0.05, 0.1) is 18.1 Å². The van der Waals surface area contributed by atoms with Crippen molar-refractivity contribution in [1.82, 2.24) is 0 Å². The van der Waals surface area contributed by atoms with E-state index in [4.69, 9.17) is 18.2 Å². The first-order chi connectivity index (χ1) is 13.6. The van der Waals surface area contributed by atoms with Gasteiger partial charge in [-0.05, 0) is 43.7 Å². The van der Waals surface area contributed by atoms with Crippen molar-refractivity contribution in [3.05, 3.63) is 54.1 Å². The van der Waals surface area contributed by atoms with Crippen LogP contribution in [0.4, 0.5) is 0 Å².